The number of benzene rings is 1. The molecule has 152 valence electrons. The summed E-state index contributed by atoms with van der Waals surface area (Å²) in [5.74, 6) is -1.02. The summed E-state index contributed by atoms with van der Waals surface area (Å²) in [6, 6.07) is 3.74. The molecule has 0 aromatic heterocycles. The van der Waals surface area contributed by atoms with Crippen LogP contribution >= 0.6 is 0 Å². The molecule has 1 heterocycles. The standard InChI is InChI=1S/C9H18N2O2.C7H6F2.2C2H6/c1-9(2,3)13-8(12)11-7-4-5-10-6-7;1-5-2-3-6(8)4-7(5)9;2*1-2/h7,10H,4-6H2,1-3H3,(H,11,12);2-4H,1H3;2*1-2H3. The van der Waals surface area contributed by atoms with Gasteiger partial charge in [-0.2, -0.15) is 0 Å². The van der Waals surface area contributed by atoms with Gasteiger partial charge in [0.05, 0.1) is 0 Å². The van der Waals surface area contributed by atoms with E-state index in [1.54, 1.807) is 6.92 Å². The zero-order valence-corrected chi connectivity index (χ0v) is 17.5. The fourth-order valence-electron chi connectivity index (χ4n) is 1.82. The monoisotopic (exact) mass is 374 g/mol. The third kappa shape index (κ3) is 13.6. The highest BCUT2D eigenvalue weighted by molar-refractivity contribution is 5.68. The molecular formula is C20H36F2N2O2. The van der Waals surface area contributed by atoms with Crippen LogP contribution in [-0.2, 0) is 4.74 Å². The van der Waals surface area contributed by atoms with Gasteiger partial charge in [-0.25, -0.2) is 13.6 Å². The Morgan fingerprint density at radius 2 is 1.77 bits per heavy atom. The normalized spacial score (nSPS) is 15.2. The van der Waals surface area contributed by atoms with Crippen molar-refractivity contribution in [3.8, 4) is 0 Å². The van der Waals surface area contributed by atoms with Crippen LogP contribution in [0, 0.1) is 18.6 Å². The van der Waals surface area contributed by atoms with Crippen LogP contribution in [0.15, 0.2) is 18.2 Å². The number of amides is 1. The number of hydrogen-bond donors (Lipinski definition) is 2. The van der Waals surface area contributed by atoms with E-state index in [0.29, 0.717) is 5.56 Å². The molecule has 2 rings (SSSR count). The summed E-state index contributed by atoms with van der Waals surface area (Å²) in [6.45, 7) is 17.0. The average Bonchev–Trinajstić information content (AvgIpc) is 3.07. The molecule has 1 fully saturated rings. The van der Waals surface area contributed by atoms with Crippen LogP contribution in [0.3, 0.4) is 0 Å². The van der Waals surface area contributed by atoms with Crippen LogP contribution in [0.1, 0.15) is 60.5 Å². The van der Waals surface area contributed by atoms with Gasteiger partial charge in [-0.1, -0.05) is 33.8 Å². The van der Waals surface area contributed by atoms with Crippen LogP contribution in [-0.4, -0.2) is 30.8 Å². The SMILES string of the molecule is CC.CC.CC(C)(C)OC(=O)NC1CCNC1.Cc1ccc(F)cc1F. The molecule has 1 amide bonds. The number of nitrogens with one attached hydrogen (secondary N) is 2. The van der Waals surface area contributed by atoms with Crippen molar-refractivity contribution in [3.05, 3.63) is 35.4 Å². The Kier molecular flexibility index (Phi) is 14.8. The molecule has 26 heavy (non-hydrogen) atoms. The average molecular weight is 375 g/mol. The molecule has 0 saturated carbocycles. The highest BCUT2D eigenvalue weighted by Gasteiger charge is 2.21. The fraction of sp³-hybridized carbons (Fsp3) is 0.650. The third-order valence-corrected chi connectivity index (χ3v) is 2.92. The molecule has 4 nitrogen and oxygen atoms in total. The quantitative estimate of drug-likeness (QED) is 0.710. The minimum atomic E-state index is -0.530. The molecule has 0 radical (unpaired) electrons. The molecule has 0 spiro atoms. The summed E-state index contributed by atoms with van der Waals surface area (Å²) in [6.07, 6.45) is 0.667. The molecule has 1 aliphatic rings. The number of aryl methyl sites for hydroxylation is 1. The summed E-state index contributed by atoms with van der Waals surface area (Å²) in [7, 11) is 0. The predicted molar refractivity (Wildman–Crippen MR) is 104 cm³/mol. The maximum atomic E-state index is 12.3. The summed E-state index contributed by atoms with van der Waals surface area (Å²) in [5, 5.41) is 5.98. The summed E-state index contributed by atoms with van der Waals surface area (Å²) in [5.41, 5.74) is 0.0623. The zero-order valence-electron chi connectivity index (χ0n) is 17.5. The first-order valence-corrected chi connectivity index (χ1v) is 9.29. The fourth-order valence-corrected chi connectivity index (χ4v) is 1.82. The minimum Gasteiger partial charge on any atom is -0.444 e. The number of rotatable bonds is 1. The Hall–Kier alpha value is -1.69. The second-order valence-electron chi connectivity index (χ2n) is 6.23. The minimum absolute atomic E-state index is 0.231. The first-order chi connectivity index (χ1) is 12.2. The number of ether oxygens (including phenoxy) is 1. The number of halogens is 2. The Morgan fingerprint density at radius 3 is 2.15 bits per heavy atom. The lowest BCUT2D eigenvalue weighted by molar-refractivity contribution is 0.0508. The van der Waals surface area contributed by atoms with E-state index in [4.69, 9.17) is 4.74 Å². The van der Waals surface area contributed by atoms with Gasteiger partial charge in [0.25, 0.3) is 0 Å². The predicted octanol–water partition coefficient (Wildman–Crippen LogP) is 5.20. The van der Waals surface area contributed by atoms with Crippen molar-refractivity contribution >= 4 is 6.09 Å². The third-order valence-electron chi connectivity index (χ3n) is 2.92. The van der Waals surface area contributed by atoms with Crippen molar-refractivity contribution in [1.82, 2.24) is 10.6 Å². The van der Waals surface area contributed by atoms with Crippen LogP contribution < -0.4 is 10.6 Å². The van der Waals surface area contributed by atoms with Gasteiger partial charge in [-0.05, 0) is 52.3 Å². The molecule has 6 heteroatoms. The molecule has 1 atom stereocenters. The molecule has 1 aliphatic heterocycles. The van der Waals surface area contributed by atoms with Crippen LogP contribution in [0.2, 0.25) is 0 Å². The van der Waals surface area contributed by atoms with E-state index in [-0.39, 0.29) is 12.1 Å². The molecule has 1 unspecified atom stereocenters. The number of carbonyl (C=O) groups excluding carboxylic acids is 1. The van der Waals surface area contributed by atoms with Crippen molar-refractivity contribution in [2.45, 2.75) is 73.5 Å². The second kappa shape index (κ2) is 14.5. The van der Waals surface area contributed by atoms with Gasteiger partial charge in [0.2, 0.25) is 0 Å². The van der Waals surface area contributed by atoms with E-state index in [1.165, 1.54) is 12.1 Å². The van der Waals surface area contributed by atoms with E-state index in [9.17, 15) is 13.6 Å². The van der Waals surface area contributed by atoms with Crippen LogP contribution in [0.5, 0.6) is 0 Å². The highest BCUT2D eigenvalue weighted by Crippen LogP contribution is 2.08. The van der Waals surface area contributed by atoms with Crippen molar-refractivity contribution in [2.75, 3.05) is 13.1 Å². The van der Waals surface area contributed by atoms with E-state index >= 15 is 0 Å². The lowest BCUT2D eigenvalue weighted by atomic mass is 10.2. The Balaban J connectivity index is 0. The molecular weight excluding hydrogens is 338 g/mol. The smallest absolute Gasteiger partial charge is 0.407 e. The van der Waals surface area contributed by atoms with Gasteiger partial charge >= 0.3 is 6.09 Å². The van der Waals surface area contributed by atoms with Crippen molar-refractivity contribution < 1.29 is 18.3 Å². The first kappa shape index (κ1) is 26.5. The zero-order chi connectivity index (χ0) is 20.8. The lowest BCUT2D eigenvalue weighted by Gasteiger charge is -2.21. The Morgan fingerprint density at radius 1 is 1.19 bits per heavy atom. The van der Waals surface area contributed by atoms with Gasteiger partial charge in [-0.3, -0.25) is 0 Å². The molecule has 1 aromatic carbocycles. The number of hydrogen-bond acceptors (Lipinski definition) is 3. The molecule has 1 saturated heterocycles. The Bertz CT molecular complexity index is 497. The highest BCUT2D eigenvalue weighted by atomic mass is 19.1. The maximum absolute atomic E-state index is 12.3. The summed E-state index contributed by atoms with van der Waals surface area (Å²) in [4.78, 5) is 11.3. The van der Waals surface area contributed by atoms with Crippen molar-refractivity contribution in [3.63, 3.8) is 0 Å². The first-order valence-electron chi connectivity index (χ1n) is 9.29. The van der Waals surface area contributed by atoms with Crippen LogP contribution in [0.25, 0.3) is 0 Å². The van der Waals surface area contributed by atoms with Gasteiger partial charge in [0, 0.05) is 18.7 Å². The lowest BCUT2D eigenvalue weighted by Crippen LogP contribution is -2.40. The van der Waals surface area contributed by atoms with Gasteiger partial charge in [0.1, 0.15) is 17.2 Å². The van der Waals surface area contributed by atoms with Gasteiger partial charge in [-0.15, -0.1) is 0 Å². The van der Waals surface area contributed by atoms with E-state index in [1.807, 2.05) is 48.5 Å². The van der Waals surface area contributed by atoms with Gasteiger partial charge < -0.3 is 15.4 Å². The molecule has 0 aliphatic carbocycles. The number of carbonyl (C=O) groups is 1. The topological polar surface area (TPSA) is 50.4 Å². The summed E-state index contributed by atoms with van der Waals surface area (Å²) >= 11 is 0. The van der Waals surface area contributed by atoms with E-state index in [2.05, 4.69) is 10.6 Å². The summed E-state index contributed by atoms with van der Waals surface area (Å²) < 4.78 is 29.6. The number of alkyl carbamates (subject to hydrolysis) is 1. The second-order valence-corrected chi connectivity index (χ2v) is 6.23. The van der Waals surface area contributed by atoms with Gasteiger partial charge in [0.15, 0.2) is 0 Å². The Labute approximate surface area is 157 Å². The van der Waals surface area contributed by atoms with Crippen molar-refractivity contribution in [2.24, 2.45) is 0 Å². The largest absolute Gasteiger partial charge is 0.444 e. The molecule has 1 aromatic rings. The van der Waals surface area contributed by atoms with E-state index in [0.717, 1.165) is 25.6 Å². The van der Waals surface area contributed by atoms with E-state index < -0.39 is 17.2 Å². The van der Waals surface area contributed by atoms with Crippen molar-refractivity contribution in [1.29, 1.82) is 0 Å². The maximum Gasteiger partial charge on any atom is 0.407 e. The molecule has 2 N–H and O–H groups in total. The molecule has 0 bridgehead atoms. The van der Waals surface area contributed by atoms with Crippen LogP contribution in [0.4, 0.5) is 13.6 Å².